The van der Waals surface area contributed by atoms with Crippen LogP contribution in [0.4, 0.5) is 0 Å². The van der Waals surface area contributed by atoms with Crippen LogP contribution in [-0.4, -0.2) is 42.1 Å². The van der Waals surface area contributed by atoms with Crippen LogP contribution < -0.4 is 0 Å². The van der Waals surface area contributed by atoms with Gasteiger partial charge in [-0.25, -0.2) is 0 Å². The highest BCUT2D eigenvalue weighted by molar-refractivity contribution is 6.00. The SMILES string of the molecule is COCC(=O)C(CC1(C(=O)O)CCCC1)C(=O)OC(C)(C)C. The molecule has 1 aliphatic rings. The molecule has 1 unspecified atom stereocenters. The summed E-state index contributed by atoms with van der Waals surface area (Å²) in [7, 11) is 1.37. The normalized spacial score (nSPS) is 18.7. The lowest BCUT2D eigenvalue weighted by Crippen LogP contribution is -2.40. The highest BCUT2D eigenvalue weighted by Crippen LogP contribution is 2.44. The van der Waals surface area contributed by atoms with Gasteiger partial charge in [-0.05, 0) is 40.0 Å². The van der Waals surface area contributed by atoms with Gasteiger partial charge in [-0.15, -0.1) is 0 Å². The van der Waals surface area contributed by atoms with Crippen LogP contribution in [0, 0.1) is 11.3 Å². The second kappa shape index (κ2) is 7.22. The van der Waals surface area contributed by atoms with Crippen molar-refractivity contribution < 1.29 is 29.0 Å². The zero-order valence-corrected chi connectivity index (χ0v) is 13.8. The number of Topliss-reactive ketones (excluding diaryl/α,β-unsaturated/α-hetero) is 1. The van der Waals surface area contributed by atoms with Gasteiger partial charge in [0.2, 0.25) is 0 Å². The molecule has 1 fully saturated rings. The number of carboxylic acid groups (broad SMARTS) is 1. The van der Waals surface area contributed by atoms with E-state index in [1.165, 1.54) is 7.11 Å². The molecule has 0 aromatic rings. The van der Waals surface area contributed by atoms with Gasteiger partial charge in [-0.3, -0.25) is 14.4 Å². The number of hydrogen-bond donors (Lipinski definition) is 1. The van der Waals surface area contributed by atoms with Crippen LogP contribution in [0.25, 0.3) is 0 Å². The molecule has 1 rings (SSSR count). The van der Waals surface area contributed by atoms with Crippen molar-refractivity contribution in [3.05, 3.63) is 0 Å². The van der Waals surface area contributed by atoms with Gasteiger partial charge in [0.1, 0.15) is 18.1 Å². The summed E-state index contributed by atoms with van der Waals surface area (Å²) in [5.41, 5.74) is -1.74. The third kappa shape index (κ3) is 4.80. The van der Waals surface area contributed by atoms with Crippen LogP contribution in [-0.2, 0) is 23.9 Å². The average Bonchev–Trinajstić information content (AvgIpc) is 2.83. The maximum atomic E-state index is 12.3. The Balaban J connectivity index is 2.97. The molecule has 1 aliphatic carbocycles. The molecule has 0 amide bonds. The molecule has 0 spiro atoms. The Bertz CT molecular complexity index is 428. The van der Waals surface area contributed by atoms with Crippen LogP contribution in [0.3, 0.4) is 0 Å². The Kier molecular flexibility index (Phi) is 6.11. The van der Waals surface area contributed by atoms with Crippen molar-refractivity contribution in [3.8, 4) is 0 Å². The minimum absolute atomic E-state index is 0.0144. The number of carboxylic acids is 1. The first-order chi connectivity index (χ1) is 10.1. The predicted octanol–water partition coefficient (Wildman–Crippen LogP) is 2.19. The Hall–Kier alpha value is -1.43. The van der Waals surface area contributed by atoms with Crippen LogP contribution >= 0.6 is 0 Å². The van der Waals surface area contributed by atoms with E-state index in [0.29, 0.717) is 12.8 Å². The third-order valence-corrected chi connectivity index (χ3v) is 3.98. The molecule has 0 bridgehead atoms. The van der Waals surface area contributed by atoms with Crippen molar-refractivity contribution in [2.24, 2.45) is 11.3 Å². The molecule has 6 heteroatoms. The second-order valence-electron chi connectivity index (χ2n) is 6.98. The van der Waals surface area contributed by atoms with Crippen LogP contribution in [0.5, 0.6) is 0 Å². The zero-order valence-electron chi connectivity index (χ0n) is 13.8. The van der Waals surface area contributed by atoms with Gasteiger partial charge < -0.3 is 14.6 Å². The minimum Gasteiger partial charge on any atom is -0.481 e. The van der Waals surface area contributed by atoms with E-state index in [4.69, 9.17) is 9.47 Å². The lowest BCUT2D eigenvalue weighted by Gasteiger charge is -2.29. The number of aliphatic carboxylic acids is 1. The number of rotatable bonds is 7. The topological polar surface area (TPSA) is 89.9 Å². The summed E-state index contributed by atoms with van der Waals surface area (Å²) in [4.78, 5) is 36.2. The van der Waals surface area contributed by atoms with Crippen molar-refractivity contribution in [1.82, 2.24) is 0 Å². The highest BCUT2D eigenvalue weighted by Gasteiger charge is 2.46. The molecule has 0 saturated heterocycles. The molecule has 126 valence electrons. The number of ether oxygens (including phenoxy) is 2. The van der Waals surface area contributed by atoms with Gasteiger partial charge in [-0.1, -0.05) is 12.8 Å². The zero-order chi connectivity index (χ0) is 17.0. The quantitative estimate of drug-likeness (QED) is 0.572. The molecule has 1 saturated carbocycles. The van der Waals surface area contributed by atoms with Gasteiger partial charge in [0.15, 0.2) is 5.78 Å². The van der Waals surface area contributed by atoms with Crippen LogP contribution in [0.1, 0.15) is 52.9 Å². The van der Waals surface area contributed by atoms with Crippen molar-refractivity contribution in [3.63, 3.8) is 0 Å². The molecule has 1 atom stereocenters. The van der Waals surface area contributed by atoms with E-state index in [9.17, 15) is 19.5 Å². The Morgan fingerprint density at radius 3 is 2.14 bits per heavy atom. The van der Waals surface area contributed by atoms with E-state index >= 15 is 0 Å². The van der Waals surface area contributed by atoms with Crippen molar-refractivity contribution in [1.29, 1.82) is 0 Å². The summed E-state index contributed by atoms with van der Waals surface area (Å²) >= 11 is 0. The van der Waals surface area contributed by atoms with Crippen LogP contribution in [0.15, 0.2) is 0 Å². The van der Waals surface area contributed by atoms with Gasteiger partial charge in [0.05, 0.1) is 5.41 Å². The van der Waals surface area contributed by atoms with E-state index in [-0.39, 0.29) is 13.0 Å². The fourth-order valence-corrected chi connectivity index (χ4v) is 2.89. The number of methoxy groups -OCH3 is 1. The molecular weight excluding hydrogens is 288 g/mol. The van der Waals surface area contributed by atoms with Gasteiger partial charge >= 0.3 is 11.9 Å². The number of esters is 1. The number of ketones is 1. The highest BCUT2D eigenvalue weighted by atomic mass is 16.6. The number of hydrogen-bond acceptors (Lipinski definition) is 5. The van der Waals surface area contributed by atoms with Gasteiger partial charge in [0.25, 0.3) is 0 Å². The molecule has 0 aromatic carbocycles. The maximum absolute atomic E-state index is 12.3. The molecule has 0 aliphatic heterocycles. The van der Waals surface area contributed by atoms with E-state index in [2.05, 4.69) is 0 Å². The average molecular weight is 314 g/mol. The smallest absolute Gasteiger partial charge is 0.317 e. The molecule has 0 aromatic heterocycles. The summed E-state index contributed by atoms with van der Waals surface area (Å²) in [6.45, 7) is 4.92. The largest absolute Gasteiger partial charge is 0.481 e. The fraction of sp³-hybridized carbons (Fsp3) is 0.812. The molecule has 0 radical (unpaired) electrons. The molecule has 22 heavy (non-hydrogen) atoms. The van der Waals surface area contributed by atoms with E-state index in [0.717, 1.165) is 12.8 Å². The number of carbonyl (C=O) groups is 3. The number of carbonyl (C=O) groups excluding carboxylic acids is 2. The summed E-state index contributed by atoms with van der Waals surface area (Å²) in [6, 6.07) is 0. The summed E-state index contributed by atoms with van der Waals surface area (Å²) < 4.78 is 10.1. The fourth-order valence-electron chi connectivity index (χ4n) is 2.89. The molecule has 1 N–H and O–H groups in total. The van der Waals surface area contributed by atoms with Crippen molar-refractivity contribution in [2.75, 3.05) is 13.7 Å². The first kappa shape index (κ1) is 18.6. The van der Waals surface area contributed by atoms with E-state index in [1.54, 1.807) is 20.8 Å². The third-order valence-electron chi connectivity index (χ3n) is 3.98. The van der Waals surface area contributed by atoms with E-state index in [1.807, 2.05) is 0 Å². The molecular formula is C16H26O6. The second-order valence-corrected chi connectivity index (χ2v) is 6.98. The summed E-state index contributed by atoms with van der Waals surface area (Å²) in [5.74, 6) is -3.12. The standard InChI is InChI=1S/C16H26O6/c1-15(2,3)22-13(18)11(12(17)10-21-4)9-16(14(19)20)7-5-6-8-16/h11H,5-10H2,1-4H3,(H,19,20). The lowest BCUT2D eigenvalue weighted by molar-refractivity contribution is -0.165. The molecule has 6 nitrogen and oxygen atoms in total. The monoisotopic (exact) mass is 314 g/mol. The first-order valence-electron chi connectivity index (χ1n) is 7.59. The van der Waals surface area contributed by atoms with Gasteiger partial charge in [-0.2, -0.15) is 0 Å². The first-order valence-corrected chi connectivity index (χ1v) is 7.59. The Morgan fingerprint density at radius 1 is 1.18 bits per heavy atom. The summed E-state index contributed by atoms with van der Waals surface area (Å²) in [5, 5.41) is 9.54. The maximum Gasteiger partial charge on any atom is 0.317 e. The van der Waals surface area contributed by atoms with Crippen molar-refractivity contribution in [2.45, 2.75) is 58.5 Å². The van der Waals surface area contributed by atoms with Crippen LogP contribution in [0.2, 0.25) is 0 Å². The summed E-state index contributed by atoms with van der Waals surface area (Å²) in [6.07, 6.45) is 2.56. The Labute approximate surface area is 131 Å². The van der Waals surface area contributed by atoms with Crippen molar-refractivity contribution >= 4 is 17.7 Å². The predicted molar refractivity (Wildman–Crippen MR) is 79.4 cm³/mol. The molecule has 0 heterocycles. The lowest BCUT2D eigenvalue weighted by atomic mass is 9.76. The Morgan fingerprint density at radius 2 is 1.73 bits per heavy atom. The minimum atomic E-state index is -1.09. The van der Waals surface area contributed by atoms with Gasteiger partial charge in [0, 0.05) is 7.11 Å². The van der Waals surface area contributed by atoms with E-state index < -0.39 is 34.7 Å².